The summed E-state index contributed by atoms with van der Waals surface area (Å²) in [5.74, 6) is 3.73. The molecular weight excluding hydrogens is 457 g/mol. The number of fused-ring (bicyclic) bond motifs is 1. The molecule has 1 aliphatic heterocycles. The van der Waals surface area contributed by atoms with Crippen molar-refractivity contribution in [3.8, 4) is 5.75 Å². The van der Waals surface area contributed by atoms with E-state index in [1.165, 1.54) is 27.5 Å². The zero-order chi connectivity index (χ0) is 16.9. The third-order valence-corrected chi connectivity index (χ3v) is 5.45. The minimum absolute atomic E-state index is 0. The van der Waals surface area contributed by atoms with Crippen LogP contribution in [0, 0.1) is 54.1 Å². The number of thioether (sulfide) groups is 1. The van der Waals surface area contributed by atoms with Gasteiger partial charge in [0.25, 0.3) is 0 Å². The molecule has 4 heteroatoms. The van der Waals surface area contributed by atoms with Crippen LogP contribution in [0.25, 0.3) is 0 Å². The molecule has 1 atom stereocenters. The molecule has 3 rings (SSSR count). The van der Waals surface area contributed by atoms with E-state index in [0.29, 0.717) is 5.92 Å². The van der Waals surface area contributed by atoms with Gasteiger partial charge in [-0.2, -0.15) is 23.6 Å². The molecule has 0 aromatic heterocycles. The summed E-state index contributed by atoms with van der Waals surface area (Å²) in [7, 11) is 1.64. The van der Waals surface area contributed by atoms with Gasteiger partial charge in [-0.1, -0.05) is 17.7 Å². The SMILES string of the molecule is C=CCC1c2ccc(OCOC)cc2SC[C-]1c1ccc(C)cc1.[Pr+3]. The first-order valence-electron chi connectivity index (χ1n) is 8.15. The average Bonchev–Trinajstić information content (AvgIpc) is 2.61. The van der Waals surface area contributed by atoms with Crippen LogP contribution < -0.4 is 4.74 Å². The van der Waals surface area contributed by atoms with Crippen LogP contribution in [0.4, 0.5) is 0 Å². The number of benzene rings is 2. The summed E-state index contributed by atoms with van der Waals surface area (Å²) in [4.78, 5) is 1.30. The maximum atomic E-state index is 5.58. The van der Waals surface area contributed by atoms with Crippen molar-refractivity contribution in [2.45, 2.75) is 24.2 Å². The van der Waals surface area contributed by atoms with E-state index in [2.05, 4.69) is 49.9 Å². The van der Waals surface area contributed by atoms with Crippen LogP contribution in [0.5, 0.6) is 5.75 Å². The maximum Gasteiger partial charge on any atom is 3.00 e. The van der Waals surface area contributed by atoms with Crippen LogP contribution in [0.1, 0.15) is 29.0 Å². The third kappa shape index (κ3) is 5.03. The zero-order valence-corrected chi connectivity index (χ0v) is 19.3. The van der Waals surface area contributed by atoms with Crippen LogP contribution in [0.3, 0.4) is 0 Å². The van der Waals surface area contributed by atoms with Gasteiger partial charge in [-0.3, -0.25) is 0 Å². The van der Waals surface area contributed by atoms with Crippen molar-refractivity contribution < 1.29 is 50.8 Å². The number of hydrogen-bond acceptors (Lipinski definition) is 3. The van der Waals surface area contributed by atoms with Crippen molar-refractivity contribution in [3.63, 3.8) is 0 Å². The fourth-order valence-electron chi connectivity index (χ4n) is 3.08. The molecule has 0 saturated heterocycles. The number of methoxy groups -OCH3 is 1. The van der Waals surface area contributed by atoms with Crippen molar-refractivity contribution in [2.75, 3.05) is 19.7 Å². The van der Waals surface area contributed by atoms with Crippen LogP contribution in [0.2, 0.25) is 0 Å². The predicted octanol–water partition coefficient (Wildman–Crippen LogP) is 5.37. The number of rotatable bonds is 6. The number of allylic oxidation sites excluding steroid dienone is 1. The maximum absolute atomic E-state index is 5.58. The first kappa shape index (κ1) is 20.8. The first-order valence-corrected chi connectivity index (χ1v) is 9.13. The number of hydrogen-bond donors (Lipinski definition) is 0. The molecule has 25 heavy (non-hydrogen) atoms. The Balaban J connectivity index is 0.00000225. The second kappa shape index (κ2) is 10.0. The van der Waals surface area contributed by atoms with E-state index in [9.17, 15) is 0 Å². The average molecular weight is 480 g/mol. The van der Waals surface area contributed by atoms with Gasteiger partial charge in [0.15, 0.2) is 6.79 Å². The Morgan fingerprint density at radius 3 is 2.68 bits per heavy atom. The molecule has 0 radical (unpaired) electrons. The second-order valence-electron chi connectivity index (χ2n) is 6.01. The Kier molecular flexibility index (Phi) is 8.34. The van der Waals surface area contributed by atoms with Crippen LogP contribution in [0.15, 0.2) is 60.0 Å². The minimum Gasteiger partial charge on any atom is -0.468 e. The van der Waals surface area contributed by atoms with Crippen LogP contribution >= 0.6 is 11.8 Å². The van der Waals surface area contributed by atoms with E-state index in [-0.39, 0.29) is 48.1 Å². The molecule has 0 fully saturated rings. The Hall–Kier alpha value is -0.476. The Morgan fingerprint density at radius 1 is 1.24 bits per heavy atom. The van der Waals surface area contributed by atoms with Crippen LogP contribution in [-0.4, -0.2) is 19.7 Å². The summed E-state index contributed by atoms with van der Waals surface area (Å²) in [6.07, 6.45) is 2.98. The third-order valence-electron chi connectivity index (χ3n) is 4.33. The van der Waals surface area contributed by atoms with E-state index in [1.54, 1.807) is 7.11 Å². The van der Waals surface area contributed by atoms with Crippen molar-refractivity contribution in [2.24, 2.45) is 0 Å². The fraction of sp³-hybridized carbons (Fsp3) is 0.286. The summed E-state index contributed by atoms with van der Waals surface area (Å²) in [6.45, 7) is 6.37. The molecular formula is C21H23O2PrS+2. The predicted molar refractivity (Wildman–Crippen MR) is 101 cm³/mol. The number of ether oxygens (including phenoxy) is 2. The molecule has 0 amide bonds. The second-order valence-corrected chi connectivity index (χ2v) is 7.02. The Bertz CT molecular complexity index is 700. The van der Waals surface area contributed by atoms with Gasteiger partial charge in [-0.15, -0.1) is 30.5 Å². The summed E-state index contributed by atoms with van der Waals surface area (Å²) in [5.41, 5.74) is 4.00. The Labute approximate surface area is 188 Å². The van der Waals surface area contributed by atoms with Gasteiger partial charge < -0.3 is 9.47 Å². The molecule has 1 heterocycles. The van der Waals surface area contributed by atoms with Gasteiger partial charge in [0.1, 0.15) is 5.75 Å². The van der Waals surface area contributed by atoms with E-state index in [1.807, 2.05) is 23.9 Å². The molecule has 2 aromatic rings. The monoisotopic (exact) mass is 480 g/mol. The van der Waals surface area contributed by atoms with Gasteiger partial charge in [0, 0.05) is 12.0 Å². The molecule has 1 aliphatic rings. The van der Waals surface area contributed by atoms with E-state index in [4.69, 9.17) is 9.47 Å². The van der Waals surface area contributed by atoms with Crippen molar-refractivity contribution >= 4 is 11.8 Å². The quantitative estimate of drug-likeness (QED) is 0.315. The summed E-state index contributed by atoms with van der Waals surface area (Å²) in [6, 6.07) is 15.2. The normalized spacial score (nSPS) is 15.9. The fourth-order valence-corrected chi connectivity index (χ4v) is 4.33. The molecule has 0 N–H and O–H groups in total. The standard InChI is InChI=1S/C21H23O2S.Pr/c1-4-5-18-19-11-10-17(23-14-22-3)12-21(19)24-13-20(18)16-8-6-15(2)7-9-16;/h4,6-12,18H,1,5,13-14H2,2-3H3;/q-1;+3. The van der Waals surface area contributed by atoms with Gasteiger partial charge in [0.05, 0.1) is 0 Å². The molecule has 1 unspecified atom stereocenters. The van der Waals surface area contributed by atoms with Gasteiger partial charge in [-0.25, -0.2) is 0 Å². The van der Waals surface area contributed by atoms with Crippen LogP contribution in [-0.2, 0) is 4.74 Å². The molecule has 2 nitrogen and oxygen atoms in total. The summed E-state index contributed by atoms with van der Waals surface area (Å²) < 4.78 is 10.6. The molecule has 0 saturated carbocycles. The van der Waals surface area contributed by atoms with Crippen molar-refractivity contribution in [1.82, 2.24) is 0 Å². The Morgan fingerprint density at radius 2 is 2.00 bits per heavy atom. The summed E-state index contributed by atoms with van der Waals surface area (Å²) in [5, 5.41) is 0. The van der Waals surface area contributed by atoms with Crippen molar-refractivity contribution in [3.05, 3.63) is 77.7 Å². The molecule has 0 aliphatic carbocycles. The van der Waals surface area contributed by atoms with Gasteiger partial charge in [0.2, 0.25) is 0 Å². The molecule has 0 bridgehead atoms. The molecule has 2 aromatic carbocycles. The van der Waals surface area contributed by atoms with Gasteiger partial charge >= 0.3 is 41.3 Å². The minimum atomic E-state index is 0. The summed E-state index contributed by atoms with van der Waals surface area (Å²) >= 11 is 1.88. The molecule has 126 valence electrons. The molecule has 0 spiro atoms. The topological polar surface area (TPSA) is 18.5 Å². The van der Waals surface area contributed by atoms with E-state index in [0.717, 1.165) is 17.9 Å². The number of aryl methyl sites for hydroxylation is 1. The van der Waals surface area contributed by atoms with E-state index < -0.39 is 0 Å². The van der Waals surface area contributed by atoms with Gasteiger partial charge in [-0.05, 0) is 42.7 Å². The van der Waals surface area contributed by atoms with Crippen molar-refractivity contribution in [1.29, 1.82) is 0 Å². The van der Waals surface area contributed by atoms with E-state index >= 15 is 0 Å². The smallest absolute Gasteiger partial charge is 0.468 e. The zero-order valence-electron chi connectivity index (χ0n) is 14.8. The largest absolute Gasteiger partial charge is 3.00 e. The first-order chi connectivity index (χ1) is 11.7.